The second-order valence-corrected chi connectivity index (χ2v) is 4.12. The Kier molecular flexibility index (Phi) is 4.49. The molecule has 1 aromatic rings. The minimum Gasteiger partial charge on any atom is -0.384 e. The number of carbonyl (C=O) groups excluding carboxylic acids is 1. The summed E-state index contributed by atoms with van der Waals surface area (Å²) in [6, 6.07) is 0. The van der Waals surface area contributed by atoms with Gasteiger partial charge < -0.3 is 10.1 Å². The van der Waals surface area contributed by atoms with Crippen LogP contribution in [0.25, 0.3) is 0 Å². The molecule has 2 N–H and O–H groups in total. The smallest absolute Gasteiger partial charge is 0.224 e. The van der Waals surface area contributed by atoms with Crippen LogP contribution >= 0.6 is 0 Å². The van der Waals surface area contributed by atoms with Crippen molar-refractivity contribution in [1.29, 1.82) is 0 Å². The zero-order valence-electron chi connectivity index (χ0n) is 10.3. The molecule has 0 radical (unpaired) electrons. The third kappa shape index (κ3) is 3.34. The third-order valence-electron chi connectivity index (χ3n) is 2.38. The van der Waals surface area contributed by atoms with Crippen molar-refractivity contribution in [3.05, 3.63) is 11.4 Å². The number of aryl methyl sites for hydroxylation is 2. The van der Waals surface area contributed by atoms with Gasteiger partial charge in [-0.15, -0.1) is 0 Å². The summed E-state index contributed by atoms with van der Waals surface area (Å²) >= 11 is 0. The van der Waals surface area contributed by atoms with Crippen molar-refractivity contribution in [1.82, 2.24) is 10.2 Å². The van der Waals surface area contributed by atoms with Gasteiger partial charge in [-0.1, -0.05) is 6.92 Å². The van der Waals surface area contributed by atoms with Gasteiger partial charge in [-0.25, -0.2) is 0 Å². The number of hydrogen-bond acceptors (Lipinski definition) is 3. The Morgan fingerprint density at radius 2 is 2.25 bits per heavy atom. The molecule has 0 saturated heterocycles. The summed E-state index contributed by atoms with van der Waals surface area (Å²) in [5, 5.41) is 9.71. The van der Waals surface area contributed by atoms with Crippen LogP contribution < -0.4 is 5.32 Å². The lowest BCUT2D eigenvalue weighted by Gasteiger charge is -2.10. The molecule has 5 heteroatoms. The van der Waals surface area contributed by atoms with Gasteiger partial charge in [-0.2, -0.15) is 5.10 Å². The minimum absolute atomic E-state index is 0.00264. The number of hydrogen-bond donors (Lipinski definition) is 2. The van der Waals surface area contributed by atoms with Crippen LogP contribution in [0.4, 0.5) is 5.69 Å². The van der Waals surface area contributed by atoms with Crippen LogP contribution in [0.5, 0.6) is 0 Å². The second-order valence-electron chi connectivity index (χ2n) is 4.12. The van der Waals surface area contributed by atoms with E-state index in [1.54, 1.807) is 7.11 Å². The average Bonchev–Trinajstić information content (AvgIpc) is 2.49. The molecule has 0 fully saturated rings. The largest absolute Gasteiger partial charge is 0.384 e. The topological polar surface area (TPSA) is 67.0 Å². The highest BCUT2D eigenvalue weighted by Crippen LogP contribution is 2.16. The number of aromatic nitrogens is 2. The van der Waals surface area contributed by atoms with E-state index in [1.165, 1.54) is 0 Å². The first-order valence-corrected chi connectivity index (χ1v) is 5.35. The first-order chi connectivity index (χ1) is 7.54. The van der Waals surface area contributed by atoms with Crippen LogP contribution in [0.3, 0.4) is 0 Å². The standard InChI is InChI=1S/C11H19N3O2/c1-7(6-16-4)5-10(15)12-11-8(2)13-14-9(11)3/h7H,5-6H2,1-4H3,(H,12,15)(H,13,14). The third-order valence-corrected chi connectivity index (χ3v) is 2.38. The number of nitrogens with one attached hydrogen (secondary N) is 2. The number of amides is 1. The highest BCUT2D eigenvalue weighted by Gasteiger charge is 2.12. The Morgan fingerprint density at radius 3 is 2.75 bits per heavy atom. The Bertz CT molecular complexity index is 341. The van der Waals surface area contributed by atoms with Crippen LogP contribution in [-0.2, 0) is 9.53 Å². The van der Waals surface area contributed by atoms with E-state index in [0.29, 0.717) is 13.0 Å². The van der Waals surface area contributed by atoms with Crippen LogP contribution in [0.2, 0.25) is 0 Å². The van der Waals surface area contributed by atoms with Gasteiger partial charge in [0.25, 0.3) is 0 Å². The minimum atomic E-state index is -0.00264. The van der Waals surface area contributed by atoms with Crippen molar-refractivity contribution in [3.8, 4) is 0 Å². The maximum atomic E-state index is 11.7. The van der Waals surface area contributed by atoms with Crippen LogP contribution in [-0.4, -0.2) is 29.8 Å². The molecule has 1 rings (SSSR count). The Labute approximate surface area is 95.6 Å². The molecule has 1 aromatic heterocycles. The number of H-pyrrole nitrogens is 1. The molecule has 0 aromatic carbocycles. The maximum absolute atomic E-state index is 11.7. The van der Waals surface area contributed by atoms with Crippen molar-refractivity contribution < 1.29 is 9.53 Å². The molecule has 0 saturated carbocycles. The number of methoxy groups -OCH3 is 1. The molecule has 1 amide bonds. The van der Waals surface area contributed by atoms with Gasteiger partial charge in [0, 0.05) is 20.1 Å². The van der Waals surface area contributed by atoms with E-state index in [-0.39, 0.29) is 11.8 Å². The normalized spacial score (nSPS) is 12.5. The summed E-state index contributed by atoms with van der Waals surface area (Å²) < 4.78 is 4.99. The number of rotatable bonds is 5. The fraction of sp³-hybridized carbons (Fsp3) is 0.636. The molecule has 90 valence electrons. The van der Waals surface area contributed by atoms with Gasteiger partial charge in [0.05, 0.1) is 17.1 Å². The Morgan fingerprint density at radius 1 is 1.56 bits per heavy atom. The zero-order chi connectivity index (χ0) is 12.1. The number of anilines is 1. The lowest BCUT2D eigenvalue weighted by Crippen LogP contribution is -2.18. The molecule has 0 aliphatic carbocycles. The number of ether oxygens (including phenoxy) is 1. The molecule has 0 bridgehead atoms. The molecule has 16 heavy (non-hydrogen) atoms. The van der Waals surface area contributed by atoms with E-state index in [1.807, 2.05) is 20.8 Å². The predicted octanol–water partition coefficient (Wildman–Crippen LogP) is 1.64. The van der Waals surface area contributed by atoms with Crippen LogP contribution in [0, 0.1) is 19.8 Å². The Hall–Kier alpha value is -1.36. The molecule has 0 aliphatic heterocycles. The number of carbonyl (C=O) groups is 1. The number of aromatic amines is 1. The van der Waals surface area contributed by atoms with Crippen molar-refractivity contribution in [2.75, 3.05) is 19.0 Å². The summed E-state index contributed by atoms with van der Waals surface area (Å²) in [5.41, 5.74) is 2.48. The van der Waals surface area contributed by atoms with Crippen molar-refractivity contribution in [3.63, 3.8) is 0 Å². The zero-order valence-corrected chi connectivity index (χ0v) is 10.3. The van der Waals surface area contributed by atoms with Crippen molar-refractivity contribution >= 4 is 11.6 Å². The summed E-state index contributed by atoms with van der Waals surface area (Å²) in [5.74, 6) is 0.217. The van der Waals surface area contributed by atoms with E-state index >= 15 is 0 Å². The lowest BCUT2D eigenvalue weighted by molar-refractivity contribution is -0.117. The van der Waals surface area contributed by atoms with Gasteiger partial charge >= 0.3 is 0 Å². The van der Waals surface area contributed by atoms with E-state index in [9.17, 15) is 4.79 Å². The molecule has 0 spiro atoms. The van der Waals surface area contributed by atoms with Crippen LogP contribution in [0.1, 0.15) is 24.7 Å². The maximum Gasteiger partial charge on any atom is 0.224 e. The second kappa shape index (κ2) is 5.65. The predicted molar refractivity (Wildman–Crippen MR) is 62.3 cm³/mol. The Balaban J connectivity index is 2.52. The van der Waals surface area contributed by atoms with Gasteiger partial charge in [0.15, 0.2) is 0 Å². The fourth-order valence-corrected chi connectivity index (χ4v) is 1.59. The SMILES string of the molecule is COCC(C)CC(=O)Nc1c(C)n[nH]c1C. The van der Waals surface area contributed by atoms with E-state index in [4.69, 9.17) is 4.74 Å². The molecule has 0 aliphatic rings. The molecular weight excluding hydrogens is 206 g/mol. The fourth-order valence-electron chi connectivity index (χ4n) is 1.59. The molecule has 1 atom stereocenters. The van der Waals surface area contributed by atoms with Gasteiger partial charge in [0.2, 0.25) is 5.91 Å². The highest BCUT2D eigenvalue weighted by atomic mass is 16.5. The molecular formula is C11H19N3O2. The van der Waals surface area contributed by atoms with E-state index in [2.05, 4.69) is 15.5 Å². The van der Waals surface area contributed by atoms with Gasteiger partial charge in [-0.3, -0.25) is 9.89 Å². The first-order valence-electron chi connectivity index (χ1n) is 5.35. The first kappa shape index (κ1) is 12.7. The average molecular weight is 225 g/mol. The molecule has 5 nitrogen and oxygen atoms in total. The van der Waals surface area contributed by atoms with Gasteiger partial charge in [0.1, 0.15) is 0 Å². The van der Waals surface area contributed by atoms with E-state index < -0.39 is 0 Å². The summed E-state index contributed by atoms with van der Waals surface area (Å²) in [7, 11) is 1.64. The van der Waals surface area contributed by atoms with Crippen LogP contribution in [0.15, 0.2) is 0 Å². The quantitative estimate of drug-likeness (QED) is 0.800. The molecule has 1 heterocycles. The molecule has 1 unspecified atom stereocenters. The van der Waals surface area contributed by atoms with E-state index in [0.717, 1.165) is 17.1 Å². The number of nitrogens with zero attached hydrogens (tertiary/aromatic N) is 1. The van der Waals surface area contributed by atoms with Gasteiger partial charge in [-0.05, 0) is 19.8 Å². The van der Waals surface area contributed by atoms with Crippen molar-refractivity contribution in [2.45, 2.75) is 27.2 Å². The monoisotopic (exact) mass is 225 g/mol. The summed E-state index contributed by atoms with van der Waals surface area (Å²) in [6.45, 7) is 6.32. The summed E-state index contributed by atoms with van der Waals surface area (Å²) in [6.07, 6.45) is 0.456. The highest BCUT2D eigenvalue weighted by molar-refractivity contribution is 5.91. The van der Waals surface area contributed by atoms with Crippen molar-refractivity contribution in [2.24, 2.45) is 5.92 Å². The summed E-state index contributed by atoms with van der Waals surface area (Å²) in [4.78, 5) is 11.7. The lowest BCUT2D eigenvalue weighted by atomic mass is 10.1.